The van der Waals surface area contributed by atoms with Crippen LogP contribution in [0.25, 0.3) is 0 Å². The van der Waals surface area contributed by atoms with Gasteiger partial charge in [-0.15, -0.1) is 0 Å². The molecule has 1 N–H and O–H groups in total. The van der Waals surface area contributed by atoms with E-state index in [0.29, 0.717) is 6.61 Å². The highest BCUT2D eigenvalue weighted by Gasteiger charge is 2.40. The molecular formula is C62H111NO4. The standard InChI is InChI=1S/C62H111NO4/c1-7-10-13-16-19-22-25-28-31-34-37-40-43-46-49-52-55-62(58-63-60(65)67-61(4,5)6,56-53-50-47-44-41-38-35-32-29-26-23-20-17-14-11-8-2)59(64)66-57-54-51-48-45-42-39-36-33-30-27-24-21-18-15-12-9-3/h19-24,28-33H,7-18,25-27,34-58H2,1-6H3,(H,63,65)/b22-19-,23-20-,24-21?,31-28-,32-29-,33-30?. The maximum atomic E-state index is 14.3. The lowest BCUT2D eigenvalue weighted by Gasteiger charge is -2.32. The second kappa shape index (κ2) is 49.6. The van der Waals surface area contributed by atoms with Crippen LogP contribution in [0.1, 0.15) is 286 Å². The Balaban J connectivity index is 5.15. The molecule has 0 aliphatic rings. The van der Waals surface area contributed by atoms with Gasteiger partial charge in [-0.25, -0.2) is 4.79 Å². The molecule has 0 heterocycles. The fourth-order valence-corrected chi connectivity index (χ4v) is 8.45. The van der Waals surface area contributed by atoms with Gasteiger partial charge < -0.3 is 14.8 Å². The third-order valence-corrected chi connectivity index (χ3v) is 12.7. The van der Waals surface area contributed by atoms with E-state index in [9.17, 15) is 9.59 Å². The summed E-state index contributed by atoms with van der Waals surface area (Å²) in [5, 5.41) is 3.04. The normalized spacial score (nSPS) is 12.7. The Hall–Kier alpha value is -2.82. The maximum absolute atomic E-state index is 14.3. The predicted molar refractivity (Wildman–Crippen MR) is 295 cm³/mol. The molecule has 0 aromatic carbocycles. The van der Waals surface area contributed by atoms with Crippen molar-refractivity contribution in [1.29, 1.82) is 0 Å². The Bertz CT molecular complexity index is 1220. The molecule has 0 aliphatic carbocycles. The number of allylic oxidation sites excluding steroid dienone is 12. The van der Waals surface area contributed by atoms with Crippen LogP contribution in [0.3, 0.4) is 0 Å². The molecular weight excluding hydrogens is 823 g/mol. The molecule has 0 aliphatic heterocycles. The van der Waals surface area contributed by atoms with Crippen LogP contribution < -0.4 is 5.32 Å². The molecule has 1 amide bonds. The van der Waals surface area contributed by atoms with Crippen LogP contribution in [0.5, 0.6) is 0 Å². The van der Waals surface area contributed by atoms with Gasteiger partial charge >= 0.3 is 12.1 Å². The molecule has 0 saturated heterocycles. The van der Waals surface area contributed by atoms with Crippen LogP contribution in [0.2, 0.25) is 0 Å². The Morgan fingerprint density at radius 2 is 0.687 bits per heavy atom. The summed E-state index contributed by atoms with van der Waals surface area (Å²) in [7, 11) is 0. The summed E-state index contributed by atoms with van der Waals surface area (Å²) in [5.41, 5.74) is -1.34. The number of carbonyl (C=O) groups is 2. The number of amides is 1. The topological polar surface area (TPSA) is 64.6 Å². The van der Waals surface area contributed by atoms with Crippen molar-refractivity contribution >= 4 is 12.1 Å². The number of hydrogen-bond acceptors (Lipinski definition) is 4. The minimum atomic E-state index is -0.736. The Kier molecular flexibility index (Phi) is 47.5. The molecule has 0 rings (SSSR count). The van der Waals surface area contributed by atoms with Gasteiger partial charge in [0.15, 0.2) is 0 Å². The van der Waals surface area contributed by atoms with E-state index < -0.39 is 17.1 Å². The van der Waals surface area contributed by atoms with Crippen molar-refractivity contribution in [3.05, 3.63) is 72.9 Å². The van der Waals surface area contributed by atoms with Crippen LogP contribution in [0.15, 0.2) is 72.9 Å². The van der Waals surface area contributed by atoms with Crippen LogP contribution in [0, 0.1) is 5.41 Å². The average Bonchev–Trinajstić information content (AvgIpc) is 3.30. The van der Waals surface area contributed by atoms with Gasteiger partial charge in [0, 0.05) is 6.54 Å². The first kappa shape index (κ1) is 64.2. The first-order valence-electron chi connectivity index (χ1n) is 28.7. The van der Waals surface area contributed by atoms with Crippen LogP contribution in [-0.4, -0.2) is 30.8 Å². The Morgan fingerprint density at radius 3 is 1.01 bits per heavy atom. The summed E-state index contributed by atoms with van der Waals surface area (Å²) in [5.74, 6) is -0.128. The molecule has 0 fully saturated rings. The monoisotopic (exact) mass is 934 g/mol. The van der Waals surface area contributed by atoms with Crippen molar-refractivity contribution in [2.24, 2.45) is 5.41 Å². The summed E-state index contributed by atoms with van der Waals surface area (Å²) in [6.45, 7) is 13.1. The number of hydrogen-bond donors (Lipinski definition) is 1. The highest BCUT2D eigenvalue weighted by atomic mass is 16.6. The van der Waals surface area contributed by atoms with Gasteiger partial charge in [0.25, 0.3) is 0 Å². The second-order valence-electron chi connectivity index (χ2n) is 20.5. The van der Waals surface area contributed by atoms with Crippen molar-refractivity contribution in [1.82, 2.24) is 5.32 Å². The highest BCUT2D eigenvalue weighted by molar-refractivity contribution is 5.78. The van der Waals surface area contributed by atoms with Crippen molar-refractivity contribution in [3.63, 3.8) is 0 Å². The second-order valence-corrected chi connectivity index (χ2v) is 20.5. The number of rotatable bonds is 48. The number of ether oxygens (including phenoxy) is 2. The zero-order valence-corrected chi connectivity index (χ0v) is 45.3. The number of unbranched alkanes of at least 4 members (excludes halogenated alkanes) is 27. The van der Waals surface area contributed by atoms with Gasteiger partial charge in [-0.1, -0.05) is 222 Å². The predicted octanol–water partition coefficient (Wildman–Crippen LogP) is 20.3. The van der Waals surface area contributed by atoms with Crippen molar-refractivity contribution in [2.45, 2.75) is 291 Å². The third kappa shape index (κ3) is 46.7. The fourth-order valence-electron chi connectivity index (χ4n) is 8.45. The van der Waals surface area contributed by atoms with E-state index in [1.807, 2.05) is 20.8 Å². The molecule has 0 unspecified atom stereocenters. The Labute approximate surface area is 417 Å². The average molecular weight is 935 g/mol. The largest absolute Gasteiger partial charge is 0.465 e. The fraction of sp³-hybridized carbons (Fsp3) is 0.774. The summed E-state index contributed by atoms with van der Waals surface area (Å²) in [4.78, 5) is 27.3. The zero-order chi connectivity index (χ0) is 49.0. The molecule has 0 atom stereocenters. The van der Waals surface area contributed by atoms with Gasteiger partial charge in [0.05, 0.1) is 12.0 Å². The molecule has 0 spiro atoms. The highest BCUT2D eigenvalue weighted by Crippen LogP contribution is 2.34. The molecule has 388 valence electrons. The van der Waals surface area contributed by atoms with Crippen molar-refractivity contribution < 1.29 is 19.1 Å². The lowest BCUT2D eigenvalue weighted by Crippen LogP contribution is -2.45. The van der Waals surface area contributed by atoms with Gasteiger partial charge in [-0.3, -0.25) is 4.79 Å². The lowest BCUT2D eigenvalue weighted by molar-refractivity contribution is -0.157. The summed E-state index contributed by atoms with van der Waals surface area (Å²) >= 11 is 0. The summed E-state index contributed by atoms with van der Waals surface area (Å²) in [6.07, 6.45) is 71.6. The number of nitrogens with one attached hydrogen (secondary N) is 1. The maximum Gasteiger partial charge on any atom is 0.407 e. The van der Waals surface area contributed by atoms with E-state index in [2.05, 4.69) is 99.0 Å². The number of carbonyl (C=O) groups excluding carboxylic acids is 2. The molecule has 5 nitrogen and oxygen atoms in total. The SMILES string of the molecule is CCCCCC=CCC=CCCCCCCCCOC(=O)C(CCCCCCCC/C=C\C/C=C\CCCCC)(CCCCCCCC/C=C\C/C=C\CCCCC)CNC(=O)OC(C)(C)C. The smallest absolute Gasteiger partial charge is 0.407 e. The van der Waals surface area contributed by atoms with E-state index >= 15 is 0 Å². The van der Waals surface area contributed by atoms with E-state index in [4.69, 9.17) is 9.47 Å². The first-order valence-corrected chi connectivity index (χ1v) is 28.7. The van der Waals surface area contributed by atoms with Crippen LogP contribution in [0.4, 0.5) is 4.79 Å². The number of esters is 1. The third-order valence-electron chi connectivity index (χ3n) is 12.7. The lowest BCUT2D eigenvalue weighted by atomic mass is 9.77. The molecule has 0 saturated carbocycles. The summed E-state index contributed by atoms with van der Waals surface area (Å²) in [6, 6.07) is 0. The molecule has 0 bridgehead atoms. The minimum absolute atomic E-state index is 0.128. The van der Waals surface area contributed by atoms with Crippen molar-refractivity contribution in [2.75, 3.05) is 13.2 Å². The molecule has 0 aromatic heterocycles. The van der Waals surface area contributed by atoms with Gasteiger partial charge in [-0.2, -0.15) is 0 Å². The van der Waals surface area contributed by atoms with Gasteiger partial charge in [-0.05, 0) is 136 Å². The van der Waals surface area contributed by atoms with E-state index in [0.717, 1.165) is 89.9 Å². The van der Waals surface area contributed by atoms with Crippen LogP contribution in [-0.2, 0) is 14.3 Å². The zero-order valence-electron chi connectivity index (χ0n) is 45.3. The molecule has 67 heavy (non-hydrogen) atoms. The van der Waals surface area contributed by atoms with Gasteiger partial charge in [0.2, 0.25) is 0 Å². The van der Waals surface area contributed by atoms with Crippen LogP contribution >= 0.6 is 0 Å². The molecule has 0 radical (unpaired) electrons. The van der Waals surface area contributed by atoms with E-state index in [-0.39, 0.29) is 12.5 Å². The molecule has 5 heteroatoms. The number of alkyl carbamates (subject to hydrolysis) is 1. The quantitative estimate of drug-likeness (QED) is 0.0375. The molecule has 0 aromatic rings. The van der Waals surface area contributed by atoms with E-state index in [1.165, 1.54) is 154 Å². The summed E-state index contributed by atoms with van der Waals surface area (Å²) < 4.78 is 11.8. The van der Waals surface area contributed by atoms with Gasteiger partial charge in [0.1, 0.15) is 5.60 Å². The van der Waals surface area contributed by atoms with E-state index in [1.54, 1.807) is 0 Å². The van der Waals surface area contributed by atoms with Crippen molar-refractivity contribution in [3.8, 4) is 0 Å². The minimum Gasteiger partial charge on any atom is -0.465 e. The Morgan fingerprint density at radius 1 is 0.388 bits per heavy atom. The first-order chi connectivity index (χ1) is 32.7.